The summed E-state index contributed by atoms with van der Waals surface area (Å²) in [5.74, 6) is -5.33. The van der Waals surface area contributed by atoms with Gasteiger partial charge in [-0.05, 0) is 65.1 Å². The highest BCUT2D eigenvalue weighted by atomic mass is 19.4. The number of likely N-dealkylation sites (tertiary alicyclic amines) is 1. The molecule has 0 saturated carbocycles. The molecule has 2 heterocycles. The van der Waals surface area contributed by atoms with Crippen LogP contribution in [0.15, 0.2) is 28.3 Å². The highest BCUT2D eigenvalue weighted by Gasteiger charge is 2.36. The largest absolute Gasteiger partial charge is 0.460 e. The number of nitrogens with two attached hydrogens (primary N) is 1. The minimum atomic E-state index is -4.77. The van der Waals surface area contributed by atoms with Gasteiger partial charge < -0.3 is 15.8 Å². The first kappa shape index (κ1) is 36.0. The van der Waals surface area contributed by atoms with Gasteiger partial charge in [0.05, 0.1) is 18.7 Å². The maximum Gasteiger partial charge on any atom is 0.435 e. The van der Waals surface area contributed by atoms with Crippen molar-refractivity contribution in [1.29, 1.82) is 0 Å². The van der Waals surface area contributed by atoms with Crippen molar-refractivity contribution in [2.75, 3.05) is 19.6 Å². The Morgan fingerprint density at radius 3 is 2.49 bits per heavy atom. The fourth-order valence-electron chi connectivity index (χ4n) is 4.72. The molecule has 3 N–H and O–H groups in total. The zero-order valence-electron chi connectivity index (χ0n) is 25.4. The molecule has 0 bridgehead atoms. The molecule has 0 spiro atoms. The van der Waals surface area contributed by atoms with Crippen molar-refractivity contribution in [3.05, 3.63) is 24.0 Å². The second-order valence-corrected chi connectivity index (χ2v) is 11.7. The van der Waals surface area contributed by atoms with Gasteiger partial charge in [-0.15, -0.1) is 0 Å². The number of carbonyl (C=O) groups excluding carboxylic acids is 2. The van der Waals surface area contributed by atoms with Crippen LogP contribution in [0.2, 0.25) is 0 Å². The zero-order chi connectivity index (χ0) is 32.4. The van der Waals surface area contributed by atoms with Crippen molar-refractivity contribution in [1.82, 2.24) is 15.2 Å². The SMILES string of the molecule is CCCC(CC)C(N=C(N)C(=O)NC(CCN1CCCC(F)(F)C1)CC(=O)OC(C)(C)C)=Nc1cccnc1C(F)(F)F. The van der Waals surface area contributed by atoms with Crippen LogP contribution in [0.5, 0.6) is 0 Å². The number of nitrogens with one attached hydrogen (secondary N) is 1. The summed E-state index contributed by atoms with van der Waals surface area (Å²) in [6.07, 6.45) is -2.08. The summed E-state index contributed by atoms with van der Waals surface area (Å²) in [5.41, 5.74) is 3.59. The molecule has 9 nitrogen and oxygen atoms in total. The van der Waals surface area contributed by atoms with Crippen molar-refractivity contribution in [3.63, 3.8) is 0 Å². The van der Waals surface area contributed by atoms with Crippen LogP contribution in [0.3, 0.4) is 0 Å². The Morgan fingerprint density at radius 1 is 1.21 bits per heavy atom. The van der Waals surface area contributed by atoms with Gasteiger partial charge in [-0.2, -0.15) is 13.2 Å². The molecule has 2 unspecified atom stereocenters. The Hall–Kier alpha value is -3.16. The van der Waals surface area contributed by atoms with Crippen LogP contribution in [-0.4, -0.2) is 70.6 Å². The molecular weight excluding hydrogens is 575 g/mol. The molecule has 43 heavy (non-hydrogen) atoms. The molecule has 1 aliphatic heterocycles. The number of rotatable bonds is 11. The van der Waals surface area contributed by atoms with Gasteiger partial charge in [-0.25, -0.2) is 23.7 Å². The summed E-state index contributed by atoms with van der Waals surface area (Å²) < 4.78 is 73.9. The average Bonchev–Trinajstić information content (AvgIpc) is 2.88. The standard InChI is InChI=1S/C29H43F5N6O3/c1-6-10-19(7-2)25(38-21-11-8-14-36-23(21)29(32,33)34)39-24(35)26(42)37-20(17-22(41)43-27(3,4)5)12-16-40-15-9-13-28(30,31)18-40/h8,11,14,19-20H,6-7,9-10,12-13,15-18H2,1-5H3,(H,37,42)(H2,35,38,39). The predicted molar refractivity (Wildman–Crippen MR) is 154 cm³/mol. The number of amides is 1. The molecule has 242 valence electrons. The number of alkyl halides is 5. The molecular formula is C29H43F5N6O3. The van der Waals surface area contributed by atoms with E-state index in [0.29, 0.717) is 32.2 Å². The van der Waals surface area contributed by atoms with Gasteiger partial charge in [0.25, 0.3) is 11.8 Å². The lowest BCUT2D eigenvalue weighted by atomic mass is 9.99. The number of esters is 1. The molecule has 1 aliphatic rings. The second kappa shape index (κ2) is 15.5. The minimum Gasteiger partial charge on any atom is -0.460 e. The first-order valence-electron chi connectivity index (χ1n) is 14.5. The second-order valence-electron chi connectivity index (χ2n) is 11.7. The normalized spacial score (nSPS) is 18.2. The van der Waals surface area contributed by atoms with E-state index >= 15 is 0 Å². The molecule has 2 atom stereocenters. The van der Waals surface area contributed by atoms with Crippen LogP contribution in [0.25, 0.3) is 0 Å². The number of aliphatic imine (C=N–C) groups is 2. The summed E-state index contributed by atoms with van der Waals surface area (Å²) in [6, 6.07) is 1.63. The lowest BCUT2D eigenvalue weighted by Gasteiger charge is -2.33. The molecule has 1 saturated heterocycles. The first-order chi connectivity index (χ1) is 19.9. The van der Waals surface area contributed by atoms with Crippen LogP contribution in [0, 0.1) is 5.92 Å². The van der Waals surface area contributed by atoms with E-state index in [9.17, 15) is 31.5 Å². The van der Waals surface area contributed by atoms with Crippen LogP contribution >= 0.6 is 0 Å². The summed E-state index contributed by atoms with van der Waals surface area (Å²) in [5, 5.41) is 2.63. The number of hydrogen-bond acceptors (Lipinski definition) is 6. The molecule has 1 aromatic rings. The number of piperidine rings is 1. The third kappa shape index (κ3) is 12.5. The van der Waals surface area contributed by atoms with Crippen molar-refractivity contribution >= 4 is 29.2 Å². The Morgan fingerprint density at radius 2 is 1.91 bits per heavy atom. The number of ether oxygens (including phenoxy) is 1. The third-order valence-corrected chi connectivity index (χ3v) is 6.69. The molecule has 1 fully saturated rings. The molecule has 14 heteroatoms. The van der Waals surface area contributed by atoms with Gasteiger partial charge in [-0.3, -0.25) is 14.5 Å². The summed E-state index contributed by atoms with van der Waals surface area (Å²) in [4.78, 5) is 39.0. The fourth-order valence-corrected chi connectivity index (χ4v) is 4.72. The Labute approximate surface area is 249 Å². The topological polar surface area (TPSA) is 122 Å². The van der Waals surface area contributed by atoms with Crippen molar-refractivity contribution in [2.45, 2.75) is 103 Å². The molecule has 0 radical (unpaired) electrons. The van der Waals surface area contributed by atoms with Crippen molar-refractivity contribution < 1.29 is 36.3 Å². The lowest BCUT2D eigenvalue weighted by molar-refractivity contribution is -0.155. The van der Waals surface area contributed by atoms with Gasteiger partial charge in [0.2, 0.25) is 0 Å². The predicted octanol–water partition coefficient (Wildman–Crippen LogP) is 5.65. The van der Waals surface area contributed by atoms with Gasteiger partial charge in [-0.1, -0.05) is 20.3 Å². The van der Waals surface area contributed by atoms with E-state index in [0.717, 1.165) is 12.3 Å². The molecule has 2 rings (SSSR count). The number of aromatic nitrogens is 1. The van der Waals surface area contributed by atoms with E-state index < -0.39 is 65.3 Å². The van der Waals surface area contributed by atoms with Gasteiger partial charge in [0, 0.05) is 31.1 Å². The number of nitrogens with zero attached hydrogens (tertiary/aromatic N) is 4. The quantitative estimate of drug-likeness (QED) is 0.143. The first-order valence-corrected chi connectivity index (χ1v) is 14.5. The monoisotopic (exact) mass is 618 g/mol. The van der Waals surface area contributed by atoms with E-state index in [1.165, 1.54) is 6.07 Å². The number of hydrogen-bond donors (Lipinski definition) is 2. The fraction of sp³-hybridized carbons (Fsp3) is 0.690. The number of pyridine rings is 1. The summed E-state index contributed by atoms with van der Waals surface area (Å²) in [6.45, 7) is 8.99. The molecule has 0 aliphatic carbocycles. The Balaban J connectivity index is 2.34. The Bertz CT molecular complexity index is 1150. The summed E-state index contributed by atoms with van der Waals surface area (Å²) >= 11 is 0. The molecule has 1 amide bonds. The van der Waals surface area contributed by atoms with E-state index in [1.54, 1.807) is 25.7 Å². The van der Waals surface area contributed by atoms with Gasteiger partial charge in [0.15, 0.2) is 11.5 Å². The Kier molecular flexibility index (Phi) is 13.0. The lowest BCUT2D eigenvalue weighted by Crippen LogP contribution is -2.47. The van der Waals surface area contributed by atoms with Crippen LogP contribution in [-0.2, 0) is 20.5 Å². The van der Waals surface area contributed by atoms with Crippen molar-refractivity contribution in [3.8, 4) is 0 Å². The van der Waals surface area contributed by atoms with Gasteiger partial charge in [0.1, 0.15) is 11.4 Å². The third-order valence-electron chi connectivity index (χ3n) is 6.69. The number of amidine groups is 2. The maximum absolute atomic E-state index is 13.9. The van der Waals surface area contributed by atoms with Crippen LogP contribution < -0.4 is 11.1 Å². The minimum absolute atomic E-state index is 0.0604. The van der Waals surface area contributed by atoms with Crippen LogP contribution in [0.4, 0.5) is 27.6 Å². The number of carbonyl (C=O) groups is 2. The maximum atomic E-state index is 13.9. The van der Waals surface area contributed by atoms with E-state index in [1.807, 2.05) is 13.8 Å². The highest BCUT2D eigenvalue weighted by molar-refractivity contribution is 6.39. The molecule has 1 aromatic heterocycles. The van der Waals surface area contributed by atoms with E-state index in [-0.39, 0.29) is 31.6 Å². The zero-order valence-corrected chi connectivity index (χ0v) is 25.4. The van der Waals surface area contributed by atoms with E-state index in [4.69, 9.17) is 10.5 Å². The summed E-state index contributed by atoms with van der Waals surface area (Å²) in [7, 11) is 0. The van der Waals surface area contributed by atoms with Crippen molar-refractivity contribution in [2.24, 2.45) is 21.6 Å². The smallest absolute Gasteiger partial charge is 0.435 e. The van der Waals surface area contributed by atoms with Crippen LogP contribution in [0.1, 0.15) is 85.3 Å². The van der Waals surface area contributed by atoms with E-state index in [2.05, 4.69) is 20.3 Å². The average molecular weight is 619 g/mol. The number of halogens is 5. The van der Waals surface area contributed by atoms with Gasteiger partial charge >= 0.3 is 12.1 Å². The highest BCUT2D eigenvalue weighted by Crippen LogP contribution is 2.35. The molecule has 0 aromatic carbocycles.